The summed E-state index contributed by atoms with van der Waals surface area (Å²) in [6, 6.07) is 10.3. The number of rotatable bonds is 8. The maximum atomic E-state index is 12.1. The molecule has 1 aromatic carbocycles. The van der Waals surface area contributed by atoms with E-state index >= 15 is 0 Å². The second kappa shape index (κ2) is 10.2. The van der Waals surface area contributed by atoms with Gasteiger partial charge in [0, 0.05) is 18.8 Å². The summed E-state index contributed by atoms with van der Waals surface area (Å²) in [4.78, 5) is 28.1. The topological polar surface area (TPSA) is 65.5 Å². The Balaban J connectivity index is 2.19. The summed E-state index contributed by atoms with van der Waals surface area (Å²) in [6.45, 7) is 7.46. The zero-order valence-electron chi connectivity index (χ0n) is 18.0. The lowest BCUT2D eigenvalue weighted by Gasteiger charge is -2.19. The molecule has 29 heavy (non-hydrogen) atoms. The maximum Gasteiger partial charge on any atom is 0.308 e. The summed E-state index contributed by atoms with van der Waals surface area (Å²) < 4.78 is 10.3. The average molecular weight is 398 g/mol. The van der Waals surface area contributed by atoms with Crippen LogP contribution in [-0.4, -0.2) is 29.6 Å². The van der Waals surface area contributed by atoms with E-state index in [1.807, 2.05) is 46.0 Å². The van der Waals surface area contributed by atoms with Crippen LogP contribution in [0, 0.1) is 5.92 Å². The third kappa shape index (κ3) is 8.06. The van der Waals surface area contributed by atoms with Crippen molar-refractivity contribution in [1.29, 1.82) is 0 Å². The van der Waals surface area contributed by atoms with E-state index in [2.05, 4.69) is 23.2 Å². The van der Waals surface area contributed by atoms with Crippen LogP contribution in [0.3, 0.4) is 0 Å². The van der Waals surface area contributed by atoms with Gasteiger partial charge in [-0.25, -0.2) is 0 Å². The van der Waals surface area contributed by atoms with Gasteiger partial charge < -0.3 is 9.47 Å². The van der Waals surface area contributed by atoms with Crippen LogP contribution in [0.2, 0.25) is 0 Å². The van der Waals surface area contributed by atoms with Gasteiger partial charge in [0.15, 0.2) is 0 Å². The van der Waals surface area contributed by atoms with E-state index in [1.165, 1.54) is 7.11 Å². The minimum atomic E-state index is -0.486. The summed E-state index contributed by atoms with van der Waals surface area (Å²) in [7, 11) is 1.41. The minimum Gasteiger partial charge on any atom is -0.469 e. The van der Waals surface area contributed by atoms with Gasteiger partial charge in [-0.3, -0.25) is 14.6 Å². The predicted octanol–water partition coefficient (Wildman–Crippen LogP) is 4.30. The summed E-state index contributed by atoms with van der Waals surface area (Å²) >= 11 is 0. The van der Waals surface area contributed by atoms with Crippen molar-refractivity contribution < 1.29 is 19.1 Å². The van der Waals surface area contributed by atoms with E-state index in [-0.39, 0.29) is 17.9 Å². The van der Waals surface area contributed by atoms with E-state index in [0.717, 1.165) is 28.7 Å². The maximum absolute atomic E-state index is 12.1. The van der Waals surface area contributed by atoms with Crippen LogP contribution < -0.4 is 0 Å². The third-order valence-corrected chi connectivity index (χ3v) is 4.43. The SMILES string of the molecule is COC(=O)C(C)Cc1cc(CCC(=O)OC(C)(C)C)cc(Cc2cccnc2)c1. The van der Waals surface area contributed by atoms with Crippen LogP contribution in [0.15, 0.2) is 42.7 Å². The van der Waals surface area contributed by atoms with Gasteiger partial charge in [-0.2, -0.15) is 0 Å². The number of hydrogen-bond donors (Lipinski definition) is 0. The largest absolute Gasteiger partial charge is 0.469 e. The number of carbonyl (C=O) groups is 2. The molecule has 0 bridgehead atoms. The first-order chi connectivity index (χ1) is 13.7. The van der Waals surface area contributed by atoms with Crippen molar-refractivity contribution in [3.05, 3.63) is 65.0 Å². The van der Waals surface area contributed by atoms with Crippen LogP contribution >= 0.6 is 0 Å². The number of benzene rings is 1. The summed E-state index contributed by atoms with van der Waals surface area (Å²) in [5, 5.41) is 0. The molecule has 0 radical (unpaired) electrons. The highest BCUT2D eigenvalue weighted by atomic mass is 16.6. The lowest BCUT2D eigenvalue weighted by Crippen LogP contribution is -2.24. The van der Waals surface area contributed by atoms with E-state index in [9.17, 15) is 9.59 Å². The molecule has 0 N–H and O–H groups in total. The fourth-order valence-corrected chi connectivity index (χ4v) is 3.22. The van der Waals surface area contributed by atoms with Crippen molar-refractivity contribution in [1.82, 2.24) is 4.98 Å². The van der Waals surface area contributed by atoms with Gasteiger partial charge in [0.05, 0.1) is 13.0 Å². The smallest absolute Gasteiger partial charge is 0.308 e. The Morgan fingerprint density at radius 3 is 2.38 bits per heavy atom. The number of aryl methyl sites for hydroxylation is 1. The molecule has 0 saturated carbocycles. The first-order valence-electron chi connectivity index (χ1n) is 9.96. The molecule has 1 aromatic heterocycles. The molecular formula is C24H31NO4. The number of nitrogens with zero attached hydrogens (tertiary/aromatic N) is 1. The lowest BCUT2D eigenvalue weighted by atomic mass is 9.94. The molecule has 1 heterocycles. The van der Waals surface area contributed by atoms with E-state index in [1.54, 1.807) is 6.20 Å². The summed E-state index contributed by atoms with van der Waals surface area (Å²) in [5.41, 5.74) is 3.88. The fraction of sp³-hybridized carbons (Fsp3) is 0.458. The van der Waals surface area contributed by atoms with Gasteiger partial charge in [0.1, 0.15) is 5.60 Å². The average Bonchev–Trinajstić information content (AvgIpc) is 2.65. The van der Waals surface area contributed by atoms with E-state index in [4.69, 9.17) is 9.47 Å². The number of esters is 2. The van der Waals surface area contributed by atoms with Gasteiger partial charge in [-0.15, -0.1) is 0 Å². The van der Waals surface area contributed by atoms with Gasteiger partial charge in [-0.05, 0) is 68.4 Å². The van der Waals surface area contributed by atoms with Crippen LogP contribution in [0.1, 0.15) is 56.4 Å². The molecule has 0 spiro atoms. The lowest BCUT2D eigenvalue weighted by molar-refractivity contribution is -0.154. The quantitative estimate of drug-likeness (QED) is 0.622. The Morgan fingerprint density at radius 2 is 1.76 bits per heavy atom. The van der Waals surface area contributed by atoms with Crippen molar-refractivity contribution in [3.8, 4) is 0 Å². The standard InChI is InChI=1S/C24H31NO4/c1-17(23(27)28-5)11-20-12-18(8-9-22(26)29-24(2,3)4)13-21(15-20)14-19-7-6-10-25-16-19/h6-7,10,12-13,15-17H,8-9,11,14H2,1-5H3. The van der Waals surface area contributed by atoms with Crippen LogP contribution in [0.5, 0.6) is 0 Å². The number of aromatic nitrogens is 1. The van der Waals surface area contributed by atoms with Crippen molar-refractivity contribution in [2.75, 3.05) is 7.11 Å². The van der Waals surface area contributed by atoms with Gasteiger partial charge in [-0.1, -0.05) is 31.2 Å². The van der Waals surface area contributed by atoms with Gasteiger partial charge in [0.25, 0.3) is 0 Å². The Bertz CT molecular complexity index is 825. The number of carbonyl (C=O) groups excluding carboxylic acids is 2. The van der Waals surface area contributed by atoms with E-state index < -0.39 is 5.60 Å². The molecule has 5 heteroatoms. The number of pyridine rings is 1. The molecule has 0 aliphatic rings. The van der Waals surface area contributed by atoms with Crippen LogP contribution in [0.4, 0.5) is 0 Å². The van der Waals surface area contributed by atoms with Crippen LogP contribution in [0.25, 0.3) is 0 Å². The van der Waals surface area contributed by atoms with Crippen molar-refractivity contribution in [2.45, 2.75) is 59.0 Å². The van der Waals surface area contributed by atoms with Gasteiger partial charge in [0.2, 0.25) is 0 Å². The predicted molar refractivity (Wildman–Crippen MR) is 113 cm³/mol. The monoisotopic (exact) mass is 397 g/mol. The number of ether oxygens (including phenoxy) is 2. The molecule has 1 unspecified atom stereocenters. The third-order valence-electron chi connectivity index (χ3n) is 4.43. The molecule has 156 valence electrons. The Morgan fingerprint density at radius 1 is 1.07 bits per heavy atom. The Kier molecular flexibility index (Phi) is 7.94. The molecule has 0 aliphatic heterocycles. The highest BCUT2D eigenvalue weighted by Gasteiger charge is 2.17. The summed E-state index contributed by atoms with van der Waals surface area (Å²) in [6.07, 6.45) is 5.85. The molecule has 2 rings (SSSR count). The fourth-order valence-electron chi connectivity index (χ4n) is 3.22. The van der Waals surface area contributed by atoms with Gasteiger partial charge >= 0.3 is 11.9 Å². The molecule has 2 aromatic rings. The number of hydrogen-bond acceptors (Lipinski definition) is 5. The number of methoxy groups -OCH3 is 1. The molecule has 0 amide bonds. The first kappa shape index (κ1) is 22.6. The highest BCUT2D eigenvalue weighted by Crippen LogP contribution is 2.19. The highest BCUT2D eigenvalue weighted by molar-refractivity contribution is 5.72. The minimum absolute atomic E-state index is 0.209. The zero-order valence-corrected chi connectivity index (χ0v) is 18.0. The molecule has 1 atom stereocenters. The zero-order chi connectivity index (χ0) is 21.4. The normalized spacial score (nSPS) is 12.3. The molecule has 0 saturated heterocycles. The second-order valence-electron chi connectivity index (χ2n) is 8.41. The van der Waals surface area contributed by atoms with Crippen LogP contribution in [-0.2, 0) is 38.3 Å². The molecule has 0 fully saturated rings. The van der Waals surface area contributed by atoms with Crippen molar-refractivity contribution in [3.63, 3.8) is 0 Å². The second-order valence-corrected chi connectivity index (χ2v) is 8.41. The Labute approximate surface area is 173 Å². The van der Waals surface area contributed by atoms with Crippen molar-refractivity contribution >= 4 is 11.9 Å². The van der Waals surface area contributed by atoms with E-state index in [0.29, 0.717) is 19.3 Å². The molecule has 0 aliphatic carbocycles. The molecule has 5 nitrogen and oxygen atoms in total. The van der Waals surface area contributed by atoms with Crippen molar-refractivity contribution in [2.24, 2.45) is 5.92 Å². The summed E-state index contributed by atoms with van der Waals surface area (Å²) in [5.74, 6) is -0.662. The Hall–Kier alpha value is -2.69. The first-order valence-corrected chi connectivity index (χ1v) is 9.96. The molecular weight excluding hydrogens is 366 g/mol.